The average molecular weight is 390 g/mol. The Kier molecular flexibility index (Phi) is 7.35. The van der Waals surface area contributed by atoms with E-state index < -0.39 is 0 Å². The number of aromatic nitrogens is 3. The molecule has 2 aromatic rings. The first kappa shape index (κ1) is 20.4. The summed E-state index contributed by atoms with van der Waals surface area (Å²) in [6.07, 6.45) is 1.56. The fourth-order valence-corrected chi connectivity index (χ4v) is 3.00. The summed E-state index contributed by atoms with van der Waals surface area (Å²) in [5.74, 6) is -0.426. The highest BCUT2D eigenvalue weighted by atomic mass is 32.2. The van der Waals surface area contributed by atoms with Crippen LogP contribution in [0.15, 0.2) is 35.7 Å². The van der Waals surface area contributed by atoms with Gasteiger partial charge in [-0.1, -0.05) is 11.8 Å². The molecule has 1 aromatic carbocycles. The first-order valence-corrected chi connectivity index (χ1v) is 9.29. The van der Waals surface area contributed by atoms with Crippen LogP contribution < -0.4 is 10.6 Å². The summed E-state index contributed by atoms with van der Waals surface area (Å²) in [5, 5.41) is 13.7. The number of likely N-dealkylation sites (N-methyl/N-ethyl adjacent to an activating group) is 1. The summed E-state index contributed by atoms with van der Waals surface area (Å²) in [7, 11) is 1.80. The molecule has 0 spiro atoms. The molecule has 1 heterocycles. The van der Waals surface area contributed by atoms with Crippen LogP contribution in [0.3, 0.4) is 0 Å². The average Bonchev–Trinajstić information content (AvgIpc) is 3.03. The quantitative estimate of drug-likeness (QED) is 0.659. The summed E-state index contributed by atoms with van der Waals surface area (Å²) < 4.78 is 1.73. The van der Waals surface area contributed by atoms with Crippen LogP contribution in [0.25, 0.3) is 0 Å². The van der Waals surface area contributed by atoms with E-state index in [9.17, 15) is 14.4 Å². The number of carbonyl (C=O) groups is 3. The summed E-state index contributed by atoms with van der Waals surface area (Å²) in [4.78, 5) is 37.1. The van der Waals surface area contributed by atoms with E-state index in [2.05, 4.69) is 20.8 Å². The summed E-state index contributed by atoms with van der Waals surface area (Å²) in [5.41, 5.74) is 1.23. The zero-order valence-corrected chi connectivity index (χ0v) is 16.2. The van der Waals surface area contributed by atoms with Gasteiger partial charge in [0.1, 0.15) is 6.33 Å². The maximum atomic E-state index is 12.3. The van der Waals surface area contributed by atoms with Gasteiger partial charge in [-0.05, 0) is 31.2 Å². The van der Waals surface area contributed by atoms with Crippen molar-refractivity contribution < 1.29 is 14.4 Å². The molecular formula is C17H22N6O3S. The molecule has 0 bridgehead atoms. The Hall–Kier alpha value is -2.88. The fraction of sp³-hybridized carbons (Fsp3) is 0.353. The Morgan fingerprint density at radius 2 is 1.78 bits per heavy atom. The van der Waals surface area contributed by atoms with Crippen LogP contribution in [0.5, 0.6) is 0 Å². The number of hydrogen-bond donors (Lipinski definition) is 2. The normalized spacial score (nSPS) is 10.3. The lowest BCUT2D eigenvalue weighted by atomic mass is 10.2. The van der Waals surface area contributed by atoms with Gasteiger partial charge >= 0.3 is 0 Å². The molecule has 0 radical (unpaired) electrons. The third-order valence-electron chi connectivity index (χ3n) is 3.55. The fourth-order valence-electron chi connectivity index (χ4n) is 2.21. The first-order valence-electron chi connectivity index (χ1n) is 8.31. The lowest BCUT2D eigenvalue weighted by molar-refractivity contribution is -0.132. The number of anilines is 2. The van der Waals surface area contributed by atoms with Gasteiger partial charge in [-0.3, -0.25) is 14.4 Å². The van der Waals surface area contributed by atoms with Crippen molar-refractivity contribution in [3.05, 3.63) is 30.6 Å². The Labute approximate surface area is 161 Å². The topological polar surface area (TPSA) is 109 Å². The van der Waals surface area contributed by atoms with Crippen LogP contribution in [0.2, 0.25) is 0 Å². The standard InChI is InChI=1S/C17H22N6O3S/c1-4-23(16(26)10-27-17-21-18-11-22(17)3)9-15(25)20-14-7-5-13(6-8-14)19-12(2)24/h5-8,11H,4,9-10H2,1-3H3,(H,19,24)(H,20,25). The minimum Gasteiger partial charge on any atom is -0.333 e. The monoisotopic (exact) mass is 390 g/mol. The Morgan fingerprint density at radius 3 is 2.30 bits per heavy atom. The van der Waals surface area contributed by atoms with Crippen LogP contribution >= 0.6 is 11.8 Å². The van der Waals surface area contributed by atoms with Crippen LogP contribution in [0, 0.1) is 0 Å². The smallest absolute Gasteiger partial charge is 0.243 e. The molecule has 2 N–H and O–H groups in total. The number of rotatable bonds is 8. The molecule has 2 rings (SSSR count). The maximum absolute atomic E-state index is 12.3. The molecule has 0 aliphatic rings. The van der Waals surface area contributed by atoms with E-state index in [-0.39, 0.29) is 30.0 Å². The Bertz CT molecular complexity index is 805. The van der Waals surface area contributed by atoms with Crippen molar-refractivity contribution in [2.45, 2.75) is 19.0 Å². The number of amides is 3. The molecule has 0 aliphatic heterocycles. The lowest BCUT2D eigenvalue weighted by Gasteiger charge is -2.20. The molecule has 3 amide bonds. The van der Waals surface area contributed by atoms with Crippen LogP contribution in [0.1, 0.15) is 13.8 Å². The molecule has 0 fully saturated rings. The van der Waals surface area contributed by atoms with Crippen molar-refractivity contribution >= 4 is 40.9 Å². The van der Waals surface area contributed by atoms with Gasteiger partial charge in [0, 0.05) is 31.9 Å². The van der Waals surface area contributed by atoms with E-state index in [1.807, 2.05) is 6.92 Å². The predicted molar refractivity (Wildman–Crippen MR) is 103 cm³/mol. The third kappa shape index (κ3) is 6.41. The number of thioether (sulfide) groups is 1. The van der Waals surface area contributed by atoms with Gasteiger partial charge in [-0.25, -0.2) is 0 Å². The zero-order chi connectivity index (χ0) is 19.8. The number of nitrogens with one attached hydrogen (secondary N) is 2. The van der Waals surface area contributed by atoms with E-state index in [0.717, 1.165) is 0 Å². The summed E-state index contributed by atoms with van der Waals surface area (Å²) >= 11 is 1.27. The lowest BCUT2D eigenvalue weighted by Crippen LogP contribution is -2.38. The van der Waals surface area contributed by atoms with Gasteiger partial charge in [0.15, 0.2) is 5.16 Å². The highest BCUT2D eigenvalue weighted by molar-refractivity contribution is 7.99. The molecule has 27 heavy (non-hydrogen) atoms. The van der Waals surface area contributed by atoms with Crippen molar-refractivity contribution in [3.8, 4) is 0 Å². The number of hydrogen-bond acceptors (Lipinski definition) is 6. The molecule has 10 heteroatoms. The van der Waals surface area contributed by atoms with E-state index in [1.165, 1.54) is 23.6 Å². The number of carbonyl (C=O) groups excluding carboxylic acids is 3. The third-order valence-corrected chi connectivity index (χ3v) is 4.57. The largest absolute Gasteiger partial charge is 0.333 e. The van der Waals surface area contributed by atoms with Gasteiger partial charge in [-0.15, -0.1) is 10.2 Å². The van der Waals surface area contributed by atoms with Crippen molar-refractivity contribution in [2.24, 2.45) is 7.05 Å². The molecule has 144 valence electrons. The number of aryl methyl sites for hydroxylation is 1. The molecule has 9 nitrogen and oxygen atoms in total. The molecule has 0 unspecified atom stereocenters. The number of nitrogens with zero attached hydrogens (tertiary/aromatic N) is 4. The second-order valence-corrected chi connectivity index (χ2v) is 6.67. The molecule has 0 saturated carbocycles. The highest BCUT2D eigenvalue weighted by Gasteiger charge is 2.17. The molecule has 0 saturated heterocycles. The van der Waals surface area contributed by atoms with Crippen molar-refractivity contribution in [1.29, 1.82) is 0 Å². The van der Waals surface area contributed by atoms with Gasteiger partial charge in [0.05, 0.1) is 12.3 Å². The van der Waals surface area contributed by atoms with E-state index in [4.69, 9.17) is 0 Å². The van der Waals surface area contributed by atoms with Crippen molar-refractivity contribution in [1.82, 2.24) is 19.7 Å². The Morgan fingerprint density at radius 1 is 1.15 bits per heavy atom. The van der Waals surface area contributed by atoms with Crippen molar-refractivity contribution in [2.75, 3.05) is 29.5 Å². The van der Waals surface area contributed by atoms with Crippen molar-refractivity contribution in [3.63, 3.8) is 0 Å². The maximum Gasteiger partial charge on any atom is 0.243 e. The van der Waals surface area contributed by atoms with Gasteiger partial charge in [0.25, 0.3) is 0 Å². The number of benzene rings is 1. The van der Waals surface area contributed by atoms with Crippen LogP contribution in [-0.4, -0.2) is 56.2 Å². The predicted octanol–water partition coefficient (Wildman–Crippen LogP) is 1.35. The van der Waals surface area contributed by atoms with Gasteiger partial charge in [-0.2, -0.15) is 0 Å². The molecule has 1 aromatic heterocycles. The van der Waals surface area contributed by atoms with Gasteiger partial charge < -0.3 is 20.1 Å². The molecule has 0 aliphatic carbocycles. The SMILES string of the molecule is CCN(CC(=O)Nc1ccc(NC(C)=O)cc1)C(=O)CSc1nncn1C. The zero-order valence-electron chi connectivity index (χ0n) is 15.4. The second kappa shape index (κ2) is 9.72. The second-order valence-electron chi connectivity index (χ2n) is 5.73. The highest BCUT2D eigenvalue weighted by Crippen LogP contribution is 2.15. The van der Waals surface area contributed by atoms with Crippen LogP contribution in [0.4, 0.5) is 11.4 Å². The van der Waals surface area contributed by atoms with Crippen LogP contribution in [-0.2, 0) is 21.4 Å². The minimum atomic E-state index is -0.291. The van der Waals surface area contributed by atoms with Gasteiger partial charge in [0.2, 0.25) is 17.7 Å². The van der Waals surface area contributed by atoms with E-state index >= 15 is 0 Å². The summed E-state index contributed by atoms with van der Waals surface area (Å²) in [6, 6.07) is 6.75. The minimum absolute atomic E-state index is 0.0395. The summed E-state index contributed by atoms with van der Waals surface area (Å²) in [6.45, 7) is 3.63. The first-order chi connectivity index (χ1) is 12.9. The molecular weight excluding hydrogens is 368 g/mol. The van der Waals surface area contributed by atoms with E-state index in [1.54, 1.807) is 42.2 Å². The molecule has 0 atom stereocenters. The van der Waals surface area contributed by atoms with E-state index in [0.29, 0.717) is 23.1 Å². The Balaban J connectivity index is 1.85.